The Balaban J connectivity index is 2.07. The molecule has 1 heterocycles. The minimum Gasteiger partial charge on any atom is -0.386 e. The van der Waals surface area contributed by atoms with Crippen LogP contribution in [0.3, 0.4) is 0 Å². The number of aromatic nitrogens is 1. The second-order valence-corrected chi connectivity index (χ2v) is 5.54. The lowest BCUT2D eigenvalue weighted by Gasteiger charge is -2.15. The Morgan fingerprint density at radius 3 is 2.50 bits per heavy atom. The van der Waals surface area contributed by atoms with Gasteiger partial charge in [0.05, 0.1) is 11.7 Å². The molecular weight excluding hydrogens is 327 g/mol. The number of aryl methyl sites for hydroxylation is 1. The Hall–Kier alpha value is -1.82. The van der Waals surface area contributed by atoms with Crippen molar-refractivity contribution < 1.29 is 9.90 Å². The fourth-order valence-electron chi connectivity index (χ4n) is 1.95. The number of carbonyl (C=O) groups is 1. The SMILES string of the molecule is Cn1cc(C(=O)NC[C@@H](O)c2c(Cl)cccc2Cl)ccc1=O. The molecule has 5 nitrogen and oxygen atoms in total. The van der Waals surface area contributed by atoms with Crippen molar-refractivity contribution in [2.24, 2.45) is 7.05 Å². The van der Waals surface area contributed by atoms with Gasteiger partial charge in [-0.05, 0) is 18.2 Å². The van der Waals surface area contributed by atoms with E-state index in [0.717, 1.165) is 0 Å². The van der Waals surface area contributed by atoms with Gasteiger partial charge >= 0.3 is 0 Å². The van der Waals surface area contributed by atoms with Crippen molar-refractivity contribution in [2.45, 2.75) is 6.10 Å². The van der Waals surface area contributed by atoms with Gasteiger partial charge in [0, 0.05) is 41.5 Å². The molecule has 0 radical (unpaired) electrons. The smallest absolute Gasteiger partial charge is 0.252 e. The number of halogens is 2. The second-order valence-electron chi connectivity index (χ2n) is 4.73. The molecule has 0 saturated heterocycles. The van der Waals surface area contributed by atoms with Crippen molar-refractivity contribution in [3.8, 4) is 0 Å². The highest BCUT2D eigenvalue weighted by molar-refractivity contribution is 6.36. The number of nitrogens with one attached hydrogen (secondary N) is 1. The Bertz CT molecular complexity index is 738. The lowest BCUT2D eigenvalue weighted by molar-refractivity contribution is 0.0915. The number of rotatable bonds is 4. The molecule has 22 heavy (non-hydrogen) atoms. The summed E-state index contributed by atoms with van der Waals surface area (Å²) in [4.78, 5) is 23.3. The first-order valence-corrected chi connectivity index (χ1v) is 7.22. The minimum atomic E-state index is -1.03. The molecule has 0 spiro atoms. The van der Waals surface area contributed by atoms with E-state index in [-0.39, 0.29) is 12.1 Å². The van der Waals surface area contributed by atoms with Gasteiger partial charge in [-0.25, -0.2) is 0 Å². The Morgan fingerprint density at radius 2 is 1.91 bits per heavy atom. The molecule has 0 saturated carbocycles. The molecule has 1 aromatic carbocycles. The van der Waals surface area contributed by atoms with Gasteiger partial charge in [0.1, 0.15) is 0 Å². The van der Waals surface area contributed by atoms with Gasteiger partial charge in [-0.15, -0.1) is 0 Å². The van der Waals surface area contributed by atoms with E-state index in [2.05, 4.69) is 5.32 Å². The van der Waals surface area contributed by atoms with E-state index in [9.17, 15) is 14.7 Å². The van der Waals surface area contributed by atoms with Crippen LogP contribution >= 0.6 is 23.2 Å². The number of carbonyl (C=O) groups excluding carboxylic acids is 1. The number of nitrogens with zero attached hydrogens (tertiary/aromatic N) is 1. The lowest BCUT2D eigenvalue weighted by Crippen LogP contribution is -2.29. The van der Waals surface area contributed by atoms with Crippen LogP contribution in [0.25, 0.3) is 0 Å². The van der Waals surface area contributed by atoms with Crippen LogP contribution in [0.1, 0.15) is 22.0 Å². The maximum absolute atomic E-state index is 12.0. The summed E-state index contributed by atoms with van der Waals surface area (Å²) in [6, 6.07) is 7.62. The van der Waals surface area contributed by atoms with Crippen molar-refractivity contribution in [3.63, 3.8) is 0 Å². The van der Waals surface area contributed by atoms with E-state index in [1.807, 2.05) is 0 Å². The van der Waals surface area contributed by atoms with Gasteiger partial charge in [-0.1, -0.05) is 29.3 Å². The zero-order chi connectivity index (χ0) is 16.3. The summed E-state index contributed by atoms with van der Waals surface area (Å²) in [5, 5.41) is 13.4. The number of hydrogen-bond acceptors (Lipinski definition) is 3. The van der Waals surface area contributed by atoms with Crippen molar-refractivity contribution in [1.82, 2.24) is 9.88 Å². The molecule has 0 unspecified atom stereocenters. The molecule has 0 aliphatic carbocycles. The fraction of sp³-hybridized carbons (Fsp3) is 0.200. The number of hydrogen-bond donors (Lipinski definition) is 2. The van der Waals surface area contributed by atoms with Crippen LogP contribution in [-0.2, 0) is 7.05 Å². The average Bonchev–Trinajstić information content (AvgIpc) is 2.47. The van der Waals surface area contributed by atoms with Crippen LogP contribution in [0.5, 0.6) is 0 Å². The molecule has 2 aromatic rings. The summed E-state index contributed by atoms with van der Waals surface area (Å²) in [6.07, 6.45) is 0.393. The van der Waals surface area contributed by atoms with Crippen molar-refractivity contribution >= 4 is 29.1 Å². The zero-order valence-electron chi connectivity index (χ0n) is 11.7. The summed E-state index contributed by atoms with van der Waals surface area (Å²) in [7, 11) is 1.55. The Kier molecular flexibility index (Phi) is 5.24. The van der Waals surface area contributed by atoms with Crippen molar-refractivity contribution in [1.29, 1.82) is 0 Å². The third-order valence-corrected chi connectivity index (χ3v) is 3.80. The van der Waals surface area contributed by atoms with E-state index in [1.54, 1.807) is 25.2 Å². The molecule has 0 aliphatic rings. The van der Waals surface area contributed by atoms with Gasteiger partial charge in [0.15, 0.2) is 0 Å². The van der Waals surface area contributed by atoms with Crippen molar-refractivity contribution in [2.75, 3.05) is 6.54 Å². The Labute approximate surface area is 137 Å². The lowest BCUT2D eigenvalue weighted by atomic mass is 10.1. The molecule has 2 N–H and O–H groups in total. The van der Waals surface area contributed by atoms with E-state index in [1.165, 1.54) is 22.9 Å². The molecule has 0 fully saturated rings. The highest BCUT2D eigenvalue weighted by Gasteiger charge is 2.16. The fourth-order valence-corrected chi connectivity index (χ4v) is 2.60. The number of aliphatic hydroxyl groups excluding tert-OH is 1. The highest BCUT2D eigenvalue weighted by Crippen LogP contribution is 2.29. The van der Waals surface area contributed by atoms with Crippen LogP contribution in [-0.4, -0.2) is 22.1 Å². The van der Waals surface area contributed by atoms with E-state index in [4.69, 9.17) is 23.2 Å². The van der Waals surface area contributed by atoms with Gasteiger partial charge in [0.25, 0.3) is 5.91 Å². The van der Waals surface area contributed by atoms with E-state index >= 15 is 0 Å². The molecule has 2 rings (SSSR count). The summed E-state index contributed by atoms with van der Waals surface area (Å²) in [5.41, 5.74) is 0.477. The van der Waals surface area contributed by atoms with Crippen LogP contribution in [0.4, 0.5) is 0 Å². The summed E-state index contributed by atoms with van der Waals surface area (Å²) in [6.45, 7) is -0.0505. The van der Waals surface area contributed by atoms with Crippen LogP contribution < -0.4 is 10.9 Å². The molecule has 116 valence electrons. The zero-order valence-corrected chi connectivity index (χ0v) is 13.2. The monoisotopic (exact) mass is 340 g/mol. The first-order valence-electron chi connectivity index (χ1n) is 6.47. The van der Waals surface area contributed by atoms with Gasteiger partial charge in [-0.2, -0.15) is 0 Å². The molecule has 1 amide bonds. The number of aliphatic hydroxyl groups is 1. The van der Waals surface area contributed by atoms with Crippen molar-refractivity contribution in [3.05, 3.63) is 68.1 Å². The van der Waals surface area contributed by atoms with Crippen LogP contribution in [0.15, 0.2) is 41.3 Å². The first kappa shape index (κ1) is 16.5. The second kappa shape index (κ2) is 6.96. The predicted molar refractivity (Wildman–Crippen MR) is 85.4 cm³/mol. The van der Waals surface area contributed by atoms with Crippen LogP contribution in [0, 0.1) is 0 Å². The molecule has 1 atom stereocenters. The molecule has 1 aromatic heterocycles. The topological polar surface area (TPSA) is 71.3 Å². The molecule has 7 heteroatoms. The standard InChI is InChI=1S/C15H14Cl2N2O3/c1-19-8-9(5-6-13(19)21)15(22)18-7-12(20)14-10(16)3-2-4-11(14)17/h2-6,8,12,20H,7H2,1H3,(H,18,22)/t12-/m1/s1. The number of amides is 1. The van der Waals surface area contributed by atoms with E-state index in [0.29, 0.717) is 21.2 Å². The largest absolute Gasteiger partial charge is 0.386 e. The predicted octanol–water partition coefficient (Wildman–Crippen LogP) is 2.16. The third kappa shape index (κ3) is 3.68. The van der Waals surface area contributed by atoms with Gasteiger partial charge in [0.2, 0.25) is 5.56 Å². The maximum atomic E-state index is 12.0. The van der Waals surface area contributed by atoms with Gasteiger partial charge in [-0.3, -0.25) is 9.59 Å². The number of benzene rings is 1. The van der Waals surface area contributed by atoms with E-state index < -0.39 is 12.0 Å². The summed E-state index contributed by atoms with van der Waals surface area (Å²) in [5.74, 6) is -0.405. The molecular formula is C15H14Cl2N2O3. The van der Waals surface area contributed by atoms with Gasteiger partial charge < -0.3 is 15.0 Å². The third-order valence-electron chi connectivity index (χ3n) is 3.14. The Morgan fingerprint density at radius 1 is 1.27 bits per heavy atom. The minimum absolute atomic E-state index is 0.0505. The number of pyridine rings is 1. The summed E-state index contributed by atoms with van der Waals surface area (Å²) < 4.78 is 1.30. The quantitative estimate of drug-likeness (QED) is 0.895. The normalized spacial score (nSPS) is 12.0. The van der Waals surface area contributed by atoms with Crippen LogP contribution in [0.2, 0.25) is 10.0 Å². The molecule has 0 bridgehead atoms. The highest BCUT2D eigenvalue weighted by atomic mass is 35.5. The molecule has 0 aliphatic heterocycles. The average molecular weight is 341 g/mol. The maximum Gasteiger partial charge on any atom is 0.252 e. The summed E-state index contributed by atoms with van der Waals surface area (Å²) >= 11 is 12.0. The first-order chi connectivity index (χ1) is 10.4.